The lowest BCUT2D eigenvalue weighted by atomic mass is 9.79. The van der Waals surface area contributed by atoms with E-state index in [2.05, 4.69) is 22.2 Å². The Hall–Kier alpha value is -2.56. The van der Waals surface area contributed by atoms with Crippen LogP contribution in [0.2, 0.25) is 0 Å². The van der Waals surface area contributed by atoms with Gasteiger partial charge in [-0.1, -0.05) is 6.07 Å². The summed E-state index contributed by atoms with van der Waals surface area (Å²) in [5.41, 5.74) is -0.407. The van der Waals surface area contributed by atoms with Crippen molar-refractivity contribution < 1.29 is 37.3 Å². The number of rotatable bonds is 10. The molecule has 0 saturated heterocycles. The molecule has 1 amide bonds. The lowest BCUT2D eigenvalue weighted by Crippen LogP contribution is -2.49. The van der Waals surface area contributed by atoms with Gasteiger partial charge in [0.1, 0.15) is 11.9 Å². The quantitative estimate of drug-likeness (QED) is 0.456. The summed E-state index contributed by atoms with van der Waals surface area (Å²) in [6.07, 6.45) is -0.517. The second kappa shape index (κ2) is 10.8. The van der Waals surface area contributed by atoms with Crippen LogP contribution in [-0.4, -0.2) is 59.2 Å². The minimum atomic E-state index is -4.78. The normalized spacial score (nSPS) is 21.0. The number of anilines is 1. The first-order valence-corrected chi connectivity index (χ1v) is 11.6. The summed E-state index contributed by atoms with van der Waals surface area (Å²) in [6, 6.07) is 2.82. The number of nitrogens with one attached hydrogen (secondary N) is 2. The van der Waals surface area contributed by atoms with Crippen molar-refractivity contribution >= 4 is 17.9 Å². The van der Waals surface area contributed by atoms with E-state index in [0.717, 1.165) is 56.6 Å². The fraction of sp³-hybridized carbons (Fsp3) is 0.696. The van der Waals surface area contributed by atoms with Crippen molar-refractivity contribution in [2.45, 2.75) is 82.7 Å². The first-order valence-electron chi connectivity index (χ1n) is 11.6. The smallest absolute Gasteiger partial charge is 0.427 e. The molecule has 1 fully saturated rings. The third-order valence-electron chi connectivity index (χ3n) is 6.33. The van der Waals surface area contributed by atoms with Crippen molar-refractivity contribution in [3.63, 3.8) is 0 Å². The number of hydrogen-bond donors (Lipinski definition) is 3. The number of aromatic nitrogens is 1. The van der Waals surface area contributed by atoms with Crippen molar-refractivity contribution in [1.29, 1.82) is 0 Å². The molecule has 1 aromatic rings. The molecular weight excluding hydrogens is 455 g/mol. The molecule has 0 radical (unpaired) electrons. The summed E-state index contributed by atoms with van der Waals surface area (Å²) < 4.78 is 48.5. The van der Waals surface area contributed by atoms with Gasteiger partial charge in [0.05, 0.1) is 6.10 Å². The lowest BCUT2D eigenvalue weighted by molar-refractivity contribution is -0.244. The number of amides is 1. The van der Waals surface area contributed by atoms with Gasteiger partial charge in [-0.3, -0.25) is 0 Å². The Labute approximate surface area is 196 Å². The van der Waals surface area contributed by atoms with Gasteiger partial charge in [-0.15, -0.1) is 0 Å². The van der Waals surface area contributed by atoms with E-state index in [0.29, 0.717) is 19.8 Å². The highest BCUT2D eigenvalue weighted by atomic mass is 19.4. The summed E-state index contributed by atoms with van der Waals surface area (Å²) in [7, 11) is 0. The van der Waals surface area contributed by atoms with Crippen LogP contribution >= 0.6 is 0 Å². The van der Waals surface area contributed by atoms with Gasteiger partial charge in [0.15, 0.2) is 0 Å². The van der Waals surface area contributed by atoms with E-state index in [4.69, 9.17) is 9.72 Å². The molecule has 3 N–H and O–H groups in total. The maximum atomic E-state index is 12.8. The standard InChI is InChI=1S/C23H32F3N3O5/c1-22(2,23(24,25)26)34-21(32)29-18(20(30)31)9-11-33-17-12-14(13-17)5-7-16-8-6-15-4-3-10-27-19(15)28-16/h6,8,14,17-18H,3-5,7,9-13H2,1-2H3,(H,27,28)(H,29,32)(H,30,31)/t14?,17?,18-/m0/s1. The van der Waals surface area contributed by atoms with E-state index in [1.165, 1.54) is 5.56 Å². The molecule has 1 atom stereocenters. The maximum Gasteiger partial charge on any atom is 0.427 e. The topological polar surface area (TPSA) is 110 Å². The molecule has 0 spiro atoms. The molecule has 1 aliphatic carbocycles. The monoisotopic (exact) mass is 487 g/mol. The number of carbonyl (C=O) groups is 2. The van der Waals surface area contributed by atoms with Crippen molar-refractivity contribution in [2.75, 3.05) is 18.5 Å². The van der Waals surface area contributed by atoms with Crippen molar-refractivity contribution in [1.82, 2.24) is 10.3 Å². The molecule has 1 saturated carbocycles. The van der Waals surface area contributed by atoms with E-state index in [-0.39, 0.29) is 19.1 Å². The summed E-state index contributed by atoms with van der Waals surface area (Å²) in [5.74, 6) is 0.124. The van der Waals surface area contributed by atoms with Crippen LogP contribution in [-0.2, 0) is 27.1 Å². The molecule has 2 aliphatic rings. The highest BCUT2D eigenvalue weighted by molar-refractivity contribution is 5.80. The Morgan fingerprint density at radius 3 is 2.71 bits per heavy atom. The Kier molecular flexibility index (Phi) is 8.27. The average molecular weight is 488 g/mol. The summed E-state index contributed by atoms with van der Waals surface area (Å²) in [6.45, 7) is 2.40. The third-order valence-corrected chi connectivity index (χ3v) is 6.33. The van der Waals surface area contributed by atoms with Crippen LogP contribution in [0.5, 0.6) is 0 Å². The number of aliphatic carboxylic acids is 1. The number of hydrogen-bond acceptors (Lipinski definition) is 6. The highest BCUT2D eigenvalue weighted by Gasteiger charge is 2.51. The number of carbonyl (C=O) groups excluding carboxylic acids is 1. The Morgan fingerprint density at radius 2 is 2.03 bits per heavy atom. The van der Waals surface area contributed by atoms with Crippen molar-refractivity contribution in [3.05, 3.63) is 23.4 Å². The second-order valence-electron chi connectivity index (χ2n) is 9.43. The van der Waals surface area contributed by atoms with Crippen LogP contribution in [0.15, 0.2) is 12.1 Å². The molecule has 190 valence electrons. The van der Waals surface area contributed by atoms with E-state index in [9.17, 15) is 27.9 Å². The number of aryl methyl sites for hydroxylation is 2. The van der Waals surface area contributed by atoms with Crippen LogP contribution in [0.25, 0.3) is 0 Å². The molecule has 11 heteroatoms. The Bertz CT molecular complexity index is 872. The van der Waals surface area contributed by atoms with Crippen LogP contribution < -0.4 is 10.6 Å². The second-order valence-corrected chi connectivity index (χ2v) is 9.43. The van der Waals surface area contributed by atoms with Crippen molar-refractivity contribution in [2.24, 2.45) is 5.92 Å². The Morgan fingerprint density at radius 1 is 1.29 bits per heavy atom. The van der Waals surface area contributed by atoms with E-state index < -0.39 is 29.9 Å². The molecule has 0 bridgehead atoms. The average Bonchev–Trinajstić information content (AvgIpc) is 2.72. The van der Waals surface area contributed by atoms with E-state index >= 15 is 0 Å². The molecule has 0 aromatic carbocycles. The lowest BCUT2D eigenvalue weighted by Gasteiger charge is -2.35. The van der Waals surface area contributed by atoms with Gasteiger partial charge >= 0.3 is 18.2 Å². The number of pyridine rings is 1. The number of fused-ring (bicyclic) bond motifs is 1. The summed E-state index contributed by atoms with van der Waals surface area (Å²) >= 11 is 0. The number of alkyl carbamates (subject to hydrolysis) is 1. The van der Waals surface area contributed by atoms with Gasteiger partial charge in [-0.25, -0.2) is 14.6 Å². The molecule has 1 aliphatic heterocycles. The molecule has 2 heterocycles. The van der Waals surface area contributed by atoms with Crippen LogP contribution in [0.3, 0.4) is 0 Å². The number of carboxylic acid groups (broad SMARTS) is 1. The highest BCUT2D eigenvalue weighted by Crippen LogP contribution is 2.34. The molecule has 0 unspecified atom stereocenters. The summed E-state index contributed by atoms with van der Waals surface area (Å²) in [4.78, 5) is 27.8. The van der Waals surface area contributed by atoms with Gasteiger partial charge in [0, 0.05) is 25.3 Å². The number of nitrogens with zero attached hydrogens (tertiary/aromatic N) is 1. The van der Waals surface area contributed by atoms with Gasteiger partial charge < -0.3 is 25.2 Å². The number of alkyl halides is 3. The molecule has 8 nitrogen and oxygen atoms in total. The minimum absolute atomic E-state index is 0.00807. The Balaban J connectivity index is 1.33. The van der Waals surface area contributed by atoms with Crippen LogP contribution in [0, 0.1) is 5.92 Å². The zero-order valence-electron chi connectivity index (χ0n) is 19.4. The number of halogens is 3. The number of carboxylic acids is 1. The molecule has 34 heavy (non-hydrogen) atoms. The minimum Gasteiger partial charge on any atom is -0.480 e. The predicted octanol–water partition coefficient (Wildman–Crippen LogP) is 4.08. The van der Waals surface area contributed by atoms with Crippen molar-refractivity contribution in [3.8, 4) is 0 Å². The largest absolute Gasteiger partial charge is 0.480 e. The van der Waals surface area contributed by atoms with Crippen LogP contribution in [0.1, 0.15) is 57.2 Å². The van der Waals surface area contributed by atoms with Gasteiger partial charge in [-0.2, -0.15) is 13.2 Å². The molecule has 3 rings (SSSR count). The third kappa shape index (κ3) is 6.97. The maximum absolute atomic E-state index is 12.8. The zero-order chi connectivity index (χ0) is 24.9. The summed E-state index contributed by atoms with van der Waals surface area (Å²) in [5, 5.41) is 14.6. The SMILES string of the molecule is CC(C)(OC(=O)N[C@@H](CCOC1CC(CCc2ccc3c(n2)NCCC3)C1)C(=O)O)C(F)(F)F. The molecular formula is C23H32F3N3O5. The zero-order valence-corrected chi connectivity index (χ0v) is 19.4. The fourth-order valence-corrected chi connectivity index (χ4v) is 3.98. The van der Waals surface area contributed by atoms with E-state index in [1.807, 2.05) is 5.32 Å². The van der Waals surface area contributed by atoms with Gasteiger partial charge in [-0.05, 0) is 69.9 Å². The first-order chi connectivity index (χ1) is 15.9. The fourth-order valence-electron chi connectivity index (χ4n) is 3.98. The van der Waals surface area contributed by atoms with Crippen LogP contribution in [0.4, 0.5) is 23.8 Å². The van der Waals surface area contributed by atoms with E-state index in [1.54, 1.807) is 0 Å². The predicted molar refractivity (Wildman–Crippen MR) is 118 cm³/mol. The number of ether oxygens (including phenoxy) is 2. The molecule has 1 aromatic heterocycles. The van der Waals surface area contributed by atoms with Gasteiger partial charge in [0.2, 0.25) is 5.60 Å². The first kappa shape index (κ1) is 26.1. The van der Waals surface area contributed by atoms with Gasteiger partial charge in [0.25, 0.3) is 0 Å².